The van der Waals surface area contributed by atoms with Crippen molar-refractivity contribution in [2.75, 3.05) is 28.2 Å². The Labute approximate surface area is 506 Å². The number of phenolic OH excluding ortho intramolecular Hbond substituents is 4. The Kier molecular flexibility index (Phi) is 29.1. The number of carbonyl (C=O) groups is 4. The highest BCUT2D eigenvalue weighted by Gasteiger charge is 2.52. The zero-order valence-electron chi connectivity index (χ0n) is 53.1. The Bertz CT molecular complexity index is 2360. The predicted octanol–water partition coefficient (Wildman–Crippen LogP) is 11.9. The topological polar surface area (TPSA) is 310 Å². The van der Waals surface area contributed by atoms with Gasteiger partial charge in [0.05, 0.1) is 0 Å². The number of nitrogens with one attached hydrogen (secondary N) is 4. The van der Waals surface area contributed by atoms with E-state index in [0.717, 1.165) is 25.7 Å². The van der Waals surface area contributed by atoms with Crippen molar-refractivity contribution < 1.29 is 65.5 Å². The molecule has 0 spiro atoms. The summed E-state index contributed by atoms with van der Waals surface area (Å²) in [5.74, 6) is -5.79. The molecule has 4 aromatic rings. The molecule has 17 heteroatoms. The summed E-state index contributed by atoms with van der Waals surface area (Å²) in [5.41, 5.74) is 6.08. The van der Waals surface area contributed by atoms with Gasteiger partial charge in [0.15, 0.2) is 0 Å². The molecule has 4 aliphatic rings. The van der Waals surface area contributed by atoms with Crippen molar-refractivity contribution in [3.8, 4) is 23.0 Å². The zero-order chi connectivity index (χ0) is 63.2. The summed E-state index contributed by atoms with van der Waals surface area (Å²) < 4.78 is 0. The standard InChI is InChI=1S/4C16H25NO.2C2H2O4.H2O/c4*1-4-16(17-3)11-6-5-10-15(16,2)13-8-7-9-14(18)12-13;2*3-1(4)2(5)6;/h4*7-9,12,17-18H,4-6,10-11H2,1-3H3;2*(H,3,4)(H,5,6);1H2. The van der Waals surface area contributed by atoms with Gasteiger partial charge in [0, 0.05) is 43.8 Å². The molecule has 4 saturated carbocycles. The van der Waals surface area contributed by atoms with E-state index in [4.69, 9.17) is 39.6 Å². The number of aromatic hydroxyl groups is 4. The molecule has 4 aromatic carbocycles. The monoisotopic (exact) mass is 1190 g/mol. The third-order valence-corrected chi connectivity index (χ3v) is 21.0. The first-order valence-corrected chi connectivity index (χ1v) is 30.5. The van der Waals surface area contributed by atoms with Crippen LogP contribution in [0.15, 0.2) is 97.1 Å². The summed E-state index contributed by atoms with van der Waals surface area (Å²) in [4.78, 5) is 36.4. The van der Waals surface area contributed by atoms with Gasteiger partial charge in [0.2, 0.25) is 0 Å². The van der Waals surface area contributed by atoms with Crippen LogP contribution in [0.2, 0.25) is 0 Å². The molecule has 0 aliphatic heterocycles. The number of hydrogen-bond acceptors (Lipinski definition) is 12. The summed E-state index contributed by atoms with van der Waals surface area (Å²) in [6, 6.07) is 31.2. The van der Waals surface area contributed by atoms with E-state index in [1.54, 1.807) is 24.3 Å². The second kappa shape index (κ2) is 33.0. The number of phenols is 4. The van der Waals surface area contributed by atoms with Gasteiger partial charge < -0.3 is 67.6 Å². The lowest BCUT2D eigenvalue weighted by molar-refractivity contribution is -0.159. The molecule has 17 nitrogen and oxygen atoms in total. The van der Waals surface area contributed by atoms with Crippen LogP contribution in [-0.4, -0.2) is 121 Å². The van der Waals surface area contributed by atoms with Crippen LogP contribution in [0.1, 0.15) is 206 Å². The fourth-order valence-electron chi connectivity index (χ4n) is 15.3. The van der Waals surface area contributed by atoms with Crippen LogP contribution in [0.25, 0.3) is 0 Å². The highest BCUT2D eigenvalue weighted by Crippen LogP contribution is 2.52. The summed E-state index contributed by atoms with van der Waals surface area (Å²) in [7, 11) is 8.32. The summed E-state index contributed by atoms with van der Waals surface area (Å²) >= 11 is 0. The maximum atomic E-state index is 9.75. The third kappa shape index (κ3) is 17.1. The van der Waals surface area contributed by atoms with E-state index >= 15 is 0 Å². The van der Waals surface area contributed by atoms with Gasteiger partial charge in [-0.3, -0.25) is 0 Å². The third-order valence-electron chi connectivity index (χ3n) is 21.0. The number of carboxylic acid groups (broad SMARTS) is 4. The quantitative estimate of drug-likeness (QED) is 0.0587. The summed E-state index contributed by atoms with van der Waals surface area (Å²) in [6.07, 6.45) is 24.4. The summed E-state index contributed by atoms with van der Waals surface area (Å²) in [5, 5.41) is 83.0. The van der Waals surface area contributed by atoms with Gasteiger partial charge in [0.25, 0.3) is 0 Å². The number of aliphatic carboxylic acids is 4. The Balaban J connectivity index is 0.000000361. The molecule has 0 bridgehead atoms. The Morgan fingerprint density at radius 1 is 0.341 bits per heavy atom. The molecular weight excluding hydrogens is 1080 g/mol. The number of hydrogen-bond donors (Lipinski definition) is 12. The second-order valence-corrected chi connectivity index (χ2v) is 24.3. The Hall–Kier alpha value is -6.24. The first-order chi connectivity index (χ1) is 39.6. The molecule has 476 valence electrons. The summed E-state index contributed by atoms with van der Waals surface area (Å²) in [6.45, 7) is 18.5. The zero-order valence-corrected chi connectivity index (χ0v) is 53.1. The Morgan fingerprint density at radius 2 is 0.506 bits per heavy atom. The highest BCUT2D eigenvalue weighted by molar-refractivity contribution is 6.27. The van der Waals surface area contributed by atoms with E-state index in [1.165, 1.54) is 125 Å². The van der Waals surface area contributed by atoms with Crippen molar-refractivity contribution in [3.63, 3.8) is 0 Å². The molecule has 0 heterocycles. The molecule has 8 unspecified atom stereocenters. The van der Waals surface area contributed by atoms with Crippen LogP contribution in [-0.2, 0) is 40.8 Å². The van der Waals surface area contributed by atoms with E-state index in [0.29, 0.717) is 23.0 Å². The maximum absolute atomic E-state index is 9.75. The molecular formula is C68H106N4O13. The predicted molar refractivity (Wildman–Crippen MR) is 338 cm³/mol. The number of benzene rings is 4. The largest absolute Gasteiger partial charge is 0.508 e. The van der Waals surface area contributed by atoms with Gasteiger partial charge in [-0.1, -0.05) is 155 Å². The van der Waals surface area contributed by atoms with Gasteiger partial charge >= 0.3 is 23.9 Å². The average molecular weight is 1190 g/mol. The fourth-order valence-corrected chi connectivity index (χ4v) is 15.3. The minimum atomic E-state index is -1.82. The van der Waals surface area contributed by atoms with Crippen LogP contribution in [0.5, 0.6) is 23.0 Å². The van der Waals surface area contributed by atoms with Crippen molar-refractivity contribution >= 4 is 23.9 Å². The average Bonchev–Trinajstić information content (AvgIpc) is 1.45. The SMILES string of the molecule is CCC1(NC)CCCCC1(C)c1cccc(O)c1.CCC1(NC)CCCCC1(C)c1cccc(O)c1.CCC1(NC)CCCCC1(C)c1cccc(O)c1.CCC1(NC)CCCCC1(C)c1cccc(O)c1.O.O=C(O)C(=O)O.O=C(O)C(=O)O. The van der Waals surface area contributed by atoms with E-state index in [2.05, 4.69) is 129 Å². The van der Waals surface area contributed by atoms with E-state index < -0.39 is 23.9 Å². The van der Waals surface area contributed by atoms with Gasteiger partial charge in [-0.2, -0.15) is 0 Å². The van der Waals surface area contributed by atoms with Gasteiger partial charge in [-0.15, -0.1) is 0 Å². The van der Waals surface area contributed by atoms with Crippen LogP contribution in [0.4, 0.5) is 0 Å². The Morgan fingerprint density at radius 3 is 0.635 bits per heavy atom. The second-order valence-electron chi connectivity index (χ2n) is 24.3. The molecule has 85 heavy (non-hydrogen) atoms. The van der Waals surface area contributed by atoms with Crippen molar-refractivity contribution in [1.82, 2.24) is 21.3 Å². The lowest BCUT2D eigenvalue weighted by atomic mass is 9.58. The molecule has 0 aromatic heterocycles. The smallest absolute Gasteiger partial charge is 0.414 e. The molecule has 0 amide bonds. The van der Waals surface area contributed by atoms with Crippen LogP contribution in [0, 0.1) is 0 Å². The van der Waals surface area contributed by atoms with Gasteiger partial charge in [-0.25, -0.2) is 19.2 Å². The first-order valence-electron chi connectivity index (χ1n) is 30.5. The normalized spacial score (nSPS) is 28.5. The number of rotatable bonds is 12. The first kappa shape index (κ1) is 74.9. The highest BCUT2D eigenvalue weighted by atomic mass is 16.4. The van der Waals surface area contributed by atoms with Crippen molar-refractivity contribution in [2.24, 2.45) is 0 Å². The van der Waals surface area contributed by atoms with Crippen LogP contribution in [0.3, 0.4) is 0 Å². The fraction of sp³-hybridized carbons (Fsp3) is 0.588. The van der Waals surface area contributed by atoms with E-state index in [9.17, 15) is 20.4 Å². The maximum Gasteiger partial charge on any atom is 0.414 e. The van der Waals surface area contributed by atoms with Crippen LogP contribution < -0.4 is 21.3 Å². The molecule has 8 rings (SSSR count). The molecule has 8 atom stereocenters. The lowest BCUT2D eigenvalue weighted by Gasteiger charge is -2.52. The van der Waals surface area contributed by atoms with E-state index in [-0.39, 0.29) is 49.3 Å². The molecule has 4 aliphatic carbocycles. The molecule has 0 saturated heterocycles. The number of likely N-dealkylation sites (N-methyl/N-ethyl adjacent to an activating group) is 4. The van der Waals surface area contributed by atoms with Crippen LogP contribution >= 0.6 is 0 Å². The minimum Gasteiger partial charge on any atom is -0.508 e. The minimum absolute atomic E-state index is 0. The van der Waals surface area contributed by atoms with Crippen molar-refractivity contribution in [2.45, 2.75) is 228 Å². The lowest BCUT2D eigenvalue weighted by Crippen LogP contribution is -2.59. The van der Waals surface area contributed by atoms with Crippen molar-refractivity contribution in [1.29, 1.82) is 0 Å². The molecule has 0 radical (unpaired) electrons. The molecule has 4 fully saturated rings. The van der Waals surface area contributed by atoms with E-state index in [1.807, 2.05) is 48.5 Å². The molecule has 14 N–H and O–H groups in total. The van der Waals surface area contributed by atoms with Gasteiger partial charge in [0.1, 0.15) is 23.0 Å². The number of carboxylic acids is 4. The van der Waals surface area contributed by atoms with Crippen molar-refractivity contribution in [3.05, 3.63) is 119 Å². The van der Waals surface area contributed by atoms with Gasteiger partial charge in [-0.05, 0) is 176 Å².